The number of anilines is 1. The van der Waals surface area contributed by atoms with Gasteiger partial charge >= 0.3 is 0 Å². The first-order valence-corrected chi connectivity index (χ1v) is 6.73. The van der Waals surface area contributed by atoms with E-state index in [0.717, 1.165) is 11.3 Å². The van der Waals surface area contributed by atoms with Crippen molar-refractivity contribution >= 4 is 17.4 Å². The lowest BCUT2D eigenvalue weighted by atomic mass is 10.1. The Morgan fingerprint density at radius 1 is 1.50 bits per heavy atom. The number of benzene rings is 1. The molecule has 0 aromatic heterocycles. The molecule has 0 aliphatic carbocycles. The molecule has 0 radical (unpaired) electrons. The van der Waals surface area contributed by atoms with Crippen LogP contribution in [0.1, 0.15) is 25.3 Å². The third kappa shape index (κ3) is 2.70. The maximum Gasteiger partial charge on any atom is 0.0992 e. The van der Waals surface area contributed by atoms with Crippen LogP contribution in [0.4, 0.5) is 5.69 Å². The fourth-order valence-corrected chi connectivity index (χ4v) is 3.15. The van der Waals surface area contributed by atoms with E-state index in [0.29, 0.717) is 11.3 Å². The van der Waals surface area contributed by atoms with E-state index in [1.807, 2.05) is 36.0 Å². The lowest BCUT2D eigenvalue weighted by Crippen LogP contribution is -2.32. The molecule has 0 amide bonds. The van der Waals surface area contributed by atoms with Crippen molar-refractivity contribution in [3.05, 3.63) is 29.8 Å². The highest BCUT2D eigenvalue weighted by molar-refractivity contribution is 8.00. The third-order valence-corrected chi connectivity index (χ3v) is 4.33. The van der Waals surface area contributed by atoms with Gasteiger partial charge in [0.15, 0.2) is 0 Å². The molecule has 84 valence electrons. The minimum atomic E-state index is 0.535. The van der Waals surface area contributed by atoms with Crippen molar-refractivity contribution in [2.24, 2.45) is 0 Å². The maximum absolute atomic E-state index is 8.84. The van der Waals surface area contributed by atoms with E-state index in [-0.39, 0.29) is 0 Å². The topological polar surface area (TPSA) is 35.8 Å². The van der Waals surface area contributed by atoms with Crippen molar-refractivity contribution in [3.63, 3.8) is 0 Å². The van der Waals surface area contributed by atoms with Crippen LogP contribution in [-0.4, -0.2) is 17.0 Å². The van der Waals surface area contributed by atoms with Gasteiger partial charge in [-0.25, -0.2) is 0 Å². The maximum atomic E-state index is 8.84. The molecule has 3 heteroatoms. The van der Waals surface area contributed by atoms with E-state index in [1.165, 1.54) is 18.6 Å². The van der Waals surface area contributed by atoms with Gasteiger partial charge in [-0.3, -0.25) is 0 Å². The summed E-state index contributed by atoms with van der Waals surface area (Å²) >= 11 is 2.03. The number of nitriles is 1. The molecule has 1 aliphatic heterocycles. The molecule has 2 unspecified atom stereocenters. The Labute approximate surface area is 101 Å². The number of hydrogen-bond donors (Lipinski definition) is 1. The van der Waals surface area contributed by atoms with E-state index >= 15 is 0 Å². The Kier molecular flexibility index (Phi) is 3.74. The molecule has 1 fully saturated rings. The van der Waals surface area contributed by atoms with Crippen molar-refractivity contribution < 1.29 is 0 Å². The first-order valence-electron chi connectivity index (χ1n) is 5.68. The monoisotopic (exact) mass is 232 g/mol. The van der Waals surface area contributed by atoms with Crippen LogP contribution in [0, 0.1) is 11.3 Å². The zero-order valence-corrected chi connectivity index (χ0v) is 10.3. The zero-order chi connectivity index (χ0) is 11.4. The second-order valence-corrected chi connectivity index (χ2v) is 5.65. The molecule has 1 aromatic rings. The van der Waals surface area contributed by atoms with Crippen LogP contribution < -0.4 is 5.32 Å². The van der Waals surface area contributed by atoms with Gasteiger partial charge in [0, 0.05) is 17.0 Å². The summed E-state index contributed by atoms with van der Waals surface area (Å²) in [4.78, 5) is 0. The number of hydrogen-bond acceptors (Lipinski definition) is 3. The Morgan fingerprint density at radius 2 is 2.38 bits per heavy atom. The predicted molar refractivity (Wildman–Crippen MR) is 69.7 cm³/mol. The van der Waals surface area contributed by atoms with Crippen LogP contribution in [0.2, 0.25) is 0 Å². The number of nitrogens with one attached hydrogen (secondary N) is 1. The zero-order valence-electron chi connectivity index (χ0n) is 9.44. The lowest BCUT2D eigenvalue weighted by molar-refractivity contribution is 0.617. The summed E-state index contributed by atoms with van der Waals surface area (Å²) in [5.41, 5.74) is 1.79. The first kappa shape index (κ1) is 11.3. The summed E-state index contributed by atoms with van der Waals surface area (Å²) in [7, 11) is 0. The van der Waals surface area contributed by atoms with Crippen LogP contribution in [0.15, 0.2) is 24.3 Å². The van der Waals surface area contributed by atoms with Gasteiger partial charge in [0.05, 0.1) is 11.6 Å². The quantitative estimate of drug-likeness (QED) is 0.850. The Bertz CT molecular complexity index is 397. The van der Waals surface area contributed by atoms with Crippen molar-refractivity contribution in [1.82, 2.24) is 0 Å². The van der Waals surface area contributed by atoms with Crippen LogP contribution in [-0.2, 0) is 0 Å². The first-order chi connectivity index (χ1) is 7.79. The molecular formula is C13H16N2S. The van der Waals surface area contributed by atoms with Gasteiger partial charge in [0.2, 0.25) is 0 Å². The molecule has 2 rings (SSSR count). The van der Waals surface area contributed by atoms with Gasteiger partial charge in [-0.1, -0.05) is 13.0 Å². The number of nitrogens with zero attached hydrogens (tertiary/aromatic N) is 1. The highest BCUT2D eigenvalue weighted by Gasteiger charge is 2.21. The molecule has 1 heterocycles. The summed E-state index contributed by atoms with van der Waals surface area (Å²) in [6.07, 6.45) is 2.51. The molecule has 1 N–H and O–H groups in total. The molecule has 0 bridgehead atoms. The summed E-state index contributed by atoms with van der Waals surface area (Å²) in [6.45, 7) is 2.27. The fraction of sp³-hybridized carbons (Fsp3) is 0.462. The van der Waals surface area contributed by atoms with Gasteiger partial charge in [-0.05, 0) is 36.8 Å². The van der Waals surface area contributed by atoms with Crippen LogP contribution >= 0.6 is 11.8 Å². The SMILES string of the molecule is CC1SCCCC1Nc1cccc(C#N)c1. The molecule has 1 aromatic carbocycles. The molecular weight excluding hydrogens is 216 g/mol. The molecule has 2 nitrogen and oxygen atoms in total. The highest BCUT2D eigenvalue weighted by Crippen LogP contribution is 2.27. The third-order valence-electron chi connectivity index (χ3n) is 2.95. The minimum Gasteiger partial charge on any atom is -0.381 e. The van der Waals surface area contributed by atoms with E-state index in [4.69, 9.17) is 5.26 Å². The lowest BCUT2D eigenvalue weighted by Gasteiger charge is -2.30. The Balaban J connectivity index is 2.05. The Morgan fingerprint density at radius 3 is 3.12 bits per heavy atom. The molecule has 0 saturated carbocycles. The fourth-order valence-electron chi connectivity index (χ4n) is 2.01. The molecule has 2 atom stereocenters. The summed E-state index contributed by atoms with van der Waals surface area (Å²) < 4.78 is 0. The van der Waals surface area contributed by atoms with Gasteiger partial charge in [-0.15, -0.1) is 0 Å². The second kappa shape index (κ2) is 5.27. The second-order valence-electron chi connectivity index (χ2n) is 4.16. The van der Waals surface area contributed by atoms with Gasteiger partial charge in [-0.2, -0.15) is 17.0 Å². The predicted octanol–water partition coefficient (Wildman–Crippen LogP) is 3.25. The average Bonchev–Trinajstić information content (AvgIpc) is 2.32. The van der Waals surface area contributed by atoms with E-state index in [2.05, 4.69) is 18.3 Å². The Hall–Kier alpha value is -1.14. The van der Waals surface area contributed by atoms with E-state index < -0.39 is 0 Å². The largest absolute Gasteiger partial charge is 0.381 e. The summed E-state index contributed by atoms with van der Waals surface area (Å²) in [5.74, 6) is 1.28. The molecule has 1 aliphatic rings. The van der Waals surface area contributed by atoms with Crippen LogP contribution in [0.3, 0.4) is 0 Å². The van der Waals surface area contributed by atoms with Crippen molar-refractivity contribution in [2.45, 2.75) is 31.1 Å². The number of thioether (sulfide) groups is 1. The molecule has 16 heavy (non-hydrogen) atoms. The summed E-state index contributed by atoms with van der Waals surface area (Å²) in [5, 5.41) is 13.0. The highest BCUT2D eigenvalue weighted by atomic mass is 32.2. The standard InChI is InChI=1S/C13H16N2S/c1-10-13(6-3-7-16-10)15-12-5-2-4-11(8-12)9-14/h2,4-5,8,10,13,15H,3,6-7H2,1H3. The van der Waals surface area contributed by atoms with E-state index in [9.17, 15) is 0 Å². The smallest absolute Gasteiger partial charge is 0.0992 e. The average molecular weight is 232 g/mol. The van der Waals surface area contributed by atoms with Crippen LogP contribution in [0.5, 0.6) is 0 Å². The van der Waals surface area contributed by atoms with Gasteiger partial charge in [0.25, 0.3) is 0 Å². The molecule has 0 spiro atoms. The van der Waals surface area contributed by atoms with Crippen LogP contribution in [0.25, 0.3) is 0 Å². The van der Waals surface area contributed by atoms with Crippen molar-refractivity contribution in [1.29, 1.82) is 5.26 Å². The van der Waals surface area contributed by atoms with Crippen molar-refractivity contribution in [2.75, 3.05) is 11.1 Å². The number of rotatable bonds is 2. The van der Waals surface area contributed by atoms with Gasteiger partial charge in [0.1, 0.15) is 0 Å². The normalized spacial score (nSPS) is 24.8. The van der Waals surface area contributed by atoms with Gasteiger partial charge < -0.3 is 5.32 Å². The minimum absolute atomic E-state index is 0.535. The molecule has 1 saturated heterocycles. The van der Waals surface area contributed by atoms with E-state index in [1.54, 1.807) is 0 Å². The van der Waals surface area contributed by atoms with Crippen molar-refractivity contribution in [3.8, 4) is 6.07 Å². The summed E-state index contributed by atoms with van der Waals surface area (Å²) in [6, 6.07) is 10.4.